The Labute approximate surface area is 324 Å². The van der Waals surface area contributed by atoms with E-state index in [0.29, 0.717) is 6.42 Å². The summed E-state index contributed by atoms with van der Waals surface area (Å²) < 4.78 is 0. The maximum atomic E-state index is 12.4. The molecule has 3 unspecified atom stereocenters. The summed E-state index contributed by atoms with van der Waals surface area (Å²) in [6, 6.07) is -0.741. The maximum Gasteiger partial charge on any atom is 0.222 e. The molecule has 3 atom stereocenters. The van der Waals surface area contributed by atoms with Crippen molar-refractivity contribution in [2.75, 3.05) is 6.61 Å². The van der Waals surface area contributed by atoms with Crippen molar-refractivity contribution in [3.05, 3.63) is 24.3 Å². The normalized spacial score (nSPS) is 13.7. The summed E-state index contributed by atoms with van der Waals surface area (Å²) in [6.07, 6.45) is 51.9. The van der Waals surface area contributed by atoms with Gasteiger partial charge in [0.05, 0.1) is 31.3 Å². The predicted molar refractivity (Wildman–Crippen MR) is 227 cm³/mol. The number of carbonyl (C=O) groups is 1. The Bertz CT molecular complexity index is 768. The molecule has 0 saturated carbocycles. The number of amides is 1. The second-order valence-electron chi connectivity index (χ2n) is 16.0. The molecule has 0 bridgehead atoms. The van der Waals surface area contributed by atoms with Gasteiger partial charge in [-0.15, -0.1) is 0 Å². The van der Waals surface area contributed by atoms with Gasteiger partial charge in [0.1, 0.15) is 0 Å². The summed E-state index contributed by atoms with van der Waals surface area (Å²) in [4.78, 5) is 12.4. The van der Waals surface area contributed by atoms with Crippen LogP contribution in [-0.4, -0.2) is 46.1 Å². The Hall–Kier alpha value is -1.17. The zero-order valence-corrected chi connectivity index (χ0v) is 35.0. The zero-order chi connectivity index (χ0) is 38.0. The van der Waals surface area contributed by atoms with Crippen LogP contribution in [0.15, 0.2) is 24.3 Å². The minimum absolute atomic E-state index is 0.0145. The standard InChI is InChI=1S/C47H91NO4/c1-3-5-7-9-11-13-15-16-17-18-19-20-21-22-23-24-25-26-27-28-29-31-32-34-36-38-40-44(50)42-47(52)48-45(43-49)46(51)41-39-37-35-33-30-14-12-10-8-6-4-2/h22-23,39,41,44-46,49-51H,3-21,24-38,40,42-43H2,1-2H3,(H,48,52)/b23-22-,41-39+. The van der Waals surface area contributed by atoms with Crippen molar-refractivity contribution >= 4 is 5.91 Å². The lowest BCUT2D eigenvalue weighted by Gasteiger charge is -2.21. The molecule has 0 heterocycles. The predicted octanol–water partition coefficient (Wildman–Crippen LogP) is 13.4. The van der Waals surface area contributed by atoms with Crippen LogP contribution in [0.4, 0.5) is 0 Å². The first kappa shape index (κ1) is 50.8. The Kier molecular flexibility index (Phi) is 41.6. The first-order valence-corrected chi connectivity index (χ1v) is 23.1. The fourth-order valence-corrected chi connectivity index (χ4v) is 7.16. The van der Waals surface area contributed by atoms with Gasteiger partial charge in [0.2, 0.25) is 5.91 Å². The summed E-state index contributed by atoms with van der Waals surface area (Å²) >= 11 is 0. The number of aliphatic hydroxyl groups excluding tert-OH is 3. The van der Waals surface area contributed by atoms with E-state index in [2.05, 4.69) is 31.3 Å². The van der Waals surface area contributed by atoms with Crippen molar-refractivity contribution in [2.45, 2.75) is 263 Å². The number of carbonyl (C=O) groups excluding carboxylic acids is 1. The number of rotatable bonds is 42. The number of allylic oxidation sites excluding steroid dienone is 3. The van der Waals surface area contributed by atoms with Crippen LogP contribution < -0.4 is 5.32 Å². The Morgan fingerprint density at radius 2 is 0.808 bits per heavy atom. The van der Waals surface area contributed by atoms with Crippen LogP contribution in [-0.2, 0) is 4.79 Å². The van der Waals surface area contributed by atoms with E-state index in [1.54, 1.807) is 6.08 Å². The van der Waals surface area contributed by atoms with Crippen LogP contribution in [0.5, 0.6) is 0 Å². The second kappa shape index (κ2) is 42.6. The van der Waals surface area contributed by atoms with Crippen LogP contribution >= 0.6 is 0 Å². The van der Waals surface area contributed by atoms with Crippen molar-refractivity contribution in [3.8, 4) is 0 Å². The largest absolute Gasteiger partial charge is 0.394 e. The maximum absolute atomic E-state index is 12.4. The molecular weight excluding hydrogens is 643 g/mol. The first-order valence-electron chi connectivity index (χ1n) is 23.1. The second-order valence-corrected chi connectivity index (χ2v) is 16.0. The van der Waals surface area contributed by atoms with Gasteiger partial charge >= 0.3 is 0 Å². The molecule has 5 nitrogen and oxygen atoms in total. The fraction of sp³-hybridized carbons (Fsp3) is 0.894. The summed E-state index contributed by atoms with van der Waals surface area (Å²) in [5.74, 6) is -0.316. The van der Waals surface area contributed by atoms with Gasteiger partial charge in [-0.25, -0.2) is 0 Å². The number of hydrogen-bond acceptors (Lipinski definition) is 4. The van der Waals surface area contributed by atoms with Crippen molar-refractivity contribution in [2.24, 2.45) is 0 Å². The number of aliphatic hydroxyl groups is 3. The Morgan fingerprint density at radius 1 is 0.481 bits per heavy atom. The SMILES string of the molecule is CCCCCCCCCCC/C=C/C(O)C(CO)NC(=O)CC(O)CCCCCCCCCCCC/C=C\CCCCCCCCCCCCCC. The average Bonchev–Trinajstić information content (AvgIpc) is 3.14. The topological polar surface area (TPSA) is 89.8 Å². The molecular formula is C47H91NO4. The van der Waals surface area contributed by atoms with E-state index in [1.807, 2.05) is 6.08 Å². The van der Waals surface area contributed by atoms with E-state index < -0.39 is 18.2 Å². The van der Waals surface area contributed by atoms with E-state index in [0.717, 1.165) is 25.7 Å². The quantitative estimate of drug-likeness (QED) is 0.0371. The Morgan fingerprint density at radius 3 is 1.17 bits per heavy atom. The molecule has 0 aromatic heterocycles. The molecule has 0 aliphatic rings. The van der Waals surface area contributed by atoms with Gasteiger partial charge in [0, 0.05) is 0 Å². The van der Waals surface area contributed by atoms with E-state index in [-0.39, 0.29) is 18.9 Å². The minimum Gasteiger partial charge on any atom is -0.394 e. The highest BCUT2D eigenvalue weighted by Crippen LogP contribution is 2.16. The van der Waals surface area contributed by atoms with E-state index in [1.165, 1.54) is 193 Å². The summed E-state index contributed by atoms with van der Waals surface area (Å²) in [5.41, 5.74) is 0. The van der Waals surface area contributed by atoms with Gasteiger partial charge in [-0.2, -0.15) is 0 Å². The van der Waals surface area contributed by atoms with E-state index in [4.69, 9.17) is 0 Å². The third-order valence-corrected chi connectivity index (χ3v) is 10.7. The van der Waals surface area contributed by atoms with Crippen LogP contribution in [0.25, 0.3) is 0 Å². The monoisotopic (exact) mass is 734 g/mol. The summed E-state index contributed by atoms with van der Waals surface area (Å²) in [6.45, 7) is 4.21. The fourth-order valence-electron chi connectivity index (χ4n) is 7.16. The van der Waals surface area contributed by atoms with Gasteiger partial charge < -0.3 is 20.6 Å². The van der Waals surface area contributed by atoms with Crippen LogP contribution in [0.1, 0.15) is 245 Å². The van der Waals surface area contributed by atoms with Gasteiger partial charge in [-0.1, -0.05) is 218 Å². The zero-order valence-electron chi connectivity index (χ0n) is 35.0. The molecule has 0 radical (unpaired) electrons. The highest BCUT2D eigenvalue weighted by molar-refractivity contribution is 5.76. The van der Waals surface area contributed by atoms with Gasteiger partial charge in [0.25, 0.3) is 0 Å². The van der Waals surface area contributed by atoms with E-state index >= 15 is 0 Å². The van der Waals surface area contributed by atoms with Crippen LogP contribution in [0.2, 0.25) is 0 Å². The molecule has 1 amide bonds. The molecule has 0 aromatic carbocycles. The number of nitrogens with one attached hydrogen (secondary N) is 1. The van der Waals surface area contributed by atoms with E-state index in [9.17, 15) is 20.1 Å². The highest BCUT2D eigenvalue weighted by Gasteiger charge is 2.20. The smallest absolute Gasteiger partial charge is 0.222 e. The van der Waals surface area contributed by atoms with Crippen molar-refractivity contribution in [1.29, 1.82) is 0 Å². The third-order valence-electron chi connectivity index (χ3n) is 10.7. The molecule has 4 N–H and O–H groups in total. The summed E-state index contributed by atoms with van der Waals surface area (Å²) in [7, 11) is 0. The molecule has 0 aromatic rings. The third kappa shape index (κ3) is 38.6. The first-order chi connectivity index (χ1) is 25.5. The average molecular weight is 734 g/mol. The highest BCUT2D eigenvalue weighted by atomic mass is 16.3. The van der Waals surface area contributed by atoms with Crippen molar-refractivity contribution in [3.63, 3.8) is 0 Å². The van der Waals surface area contributed by atoms with Crippen LogP contribution in [0.3, 0.4) is 0 Å². The Balaban J connectivity index is 3.56. The molecule has 0 aliphatic carbocycles. The van der Waals surface area contributed by atoms with Crippen LogP contribution in [0, 0.1) is 0 Å². The van der Waals surface area contributed by atoms with Gasteiger partial charge in [-0.05, 0) is 44.9 Å². The lowest BCUT2D eigenvalue weighted by Crippen LogP contribution is -2.45. The lowest BCUT2D eigenvalue weighted by atomic mass is 10.0. The van der Waals surface area contributed by atoms with Crippen molar-refractivity contribution in [1.82, 2.24) is 5.32 Å². The molecule has 5 heteroatoms. The number of unbranched alkanes of at least 4 members (excludes halogenated alkanes) is 31. The molecule has 0 spiro atoms. The molecule has 0 fully saturated rings. The van der Waals surface area contributed by atoms with Gasteiger partial charge in [0.15, 0.2) is 0 Å². The molecule has 0 rings (SSSR count). The summed E-state index contributed by atoms with van der Waals surface area (Å²) in [5, 5.41) is 33.2. The molecule has 52 heavy (non-hydrogen) atoms. The lowest BCUT2D eigenvalue weighted by molar-refractivity contribution is -0.124. The minimum atomic E-state index is -0.925. The number of hydrogen-bond donors (Lipinski definition) is 4. The van der Waals surface area contributed by atoms with Gasteiger partial charge in [-0.3, -0.25) is 4.79 Å². The molecule has 0 aliphatic heterocycles. The molecule has 0 saturated heterocycles. The molecule has 308 valence electrons. The van der Waals surface area contributed by atoms with Crippen molar-refractivity contribution < 1.29 is 20.1 Å².